The van der Waals surface area contributed by atoms with Crippen molar-refractivity contribution in [2.24, 2.45) is 5.41 Å². The first-order valence-corrected chi connectivity index (χ1v) is 19.8. The van der Waals surface area contributed by atoms with E-state index in [1.165, 1.54) is 0 Å². The molecule has 9 rings (SSSR count). The fraction of sp³-hybridized carbons (Fsp3) is 0.372. The van der Waals surface area contributed by atoms with Crippen LogP contribution in [0.2, 0.25) is 5.02 Å². The molecule has 5 amide bonds. The monoisotopic (exact) mass is 784 g/mol. The number of halogens is 1. The van der Waals surface area contributed by atoms with Crippen molar-refractivity contribution in [1.29, 1.82) is 5.26 Å². The van der Waals surface area contributed by atoms with Crippen LogP contribution >= 0.6 is 11.6 Å². The lowest BCUT2D eigenvalue weighted by molar-refractivity contribution is -0.136. The van der Waals surface area contributed by atoms with E-state index in [9.17, 15) is 29.2 Å². The summed E-state index contributed by atoms with van der Waals surface area (Å²) in [4.78, 5) is 71.7. The zero-order valence-electron chi connectivity index (χ0n) is 31.8. The molecule has 57 heavy (non-hydrogen) atoms. The van der Waals surface area contributed by atoms with Gasteiger partial charge in [-0.1, -0.05) is 29.8 Å². The lowest BCUT2D eigenvalue weighted by atomic mass is 9.60. The van der Waals surface area contributed by atoms with E-state index in [1.54, 1.807) is 24.3 Å². The van der Waals surface area contributed by atoms with Gasteiger partial charge < -0.3 is 9.80 Å². The number of carbonyl (C=O) groups excluding carboxylic acids is 5. The number of piperazine rings is 1. The van der Waals surface area contributed by atoms with Crippen LogP contribution in [0.25, 0.3) is 11.3 Å². The van der Waals surface area contributed by atoms with Gasteiger partial charge in [0.2, 0.25) is 11.8 Å². The SMILES string of the molecule is Cc1c(-c2ccc(C#N)c(Cl)c2)nn(Cc2ccc(C(=O)N3CCN(C4CC5(C4)CN(c4ccc6c(c4)C(=O)N(C4CCC(=O)NC4=O)C6=O)C5)CC3)cc2)c1C. The standard InChI is InChI=1S/C43H41ClN8O5/c1-25-26(2)51(47-38(25)29-7-8-30(21-45)35(44)17-29)22-27-3-5-28(6-4-27)40(55)49-15-13-48(14-16-49)32-19-43(20-32)23-50(24-43)31-9-10-33-34(18-31)42(57)52(41(33)56)36-11-12-37(53)46-39(36)54/h3-10,17-18,32,36H,11-16,19-20,22-24H2,1-2H3,(H,46,53,54). The lowest BCUT2D eigenvalue weighted by Gasteiger charge is -2.62. The number of aromatic nitrogens is 2. The maximum atomic E-state index is 13.5. The summed E-state index contributed by atoms with van der Waals surface area (Å²) in [6, 6.07) is 20.1. The molecule has 4 fully saturated rings. The number of nitrogens with one attached hydrogen (secondary N) is 1. The fourth-order valence-electron chi connectivity index (χ4n) is 9.27. The van der Waals surface area contributed by atoms with E-state index < -0.39 is 29.7 Å². The van der Waals surface area contributed by atoms with Gasteiger partial charge in [0.25, 0.3) is 17.7 Å². The number of benzene rings is 3. The zero-order chi connectivity index (χ0) is 39.7. The molecule has 3 saturated heterocycles. The van der Waals surface area contributed by atoms with Crippen LogP contribution in [0.15, 0.2) is 60.7 Å². The summed E-state index contributed by atoms with van der Waals surface area (Å²) >= 11 is 6.30. The molecule has 1 aromatic heterocycles. The van der Waals surface area contributed by atoms with Crippen molar-refractivity contribution < 1.29 is 24.0 Å². The van der Waals surface area contributed by atoms with Crippen LogP contribution in [-0.2, 0) is 16.1 Å². The molecule has 1 spiro atoms. The van der Waals surface area contributed by atoms with Crippen molar-refractivity contribution >= 4 is 46.8 Å². The van der Waals surface area contributed by atoms with E-state index in [1.807, 2.05) is 59.8 Å². The van der Waals surface area contributed by atoms with Gasteiger partial charge >= 0.3 is 0 Å². The minimum atomic E-state index is -0.975. The summed E-state index contributed by atoms with van der Waals surface area (Å²) in [6.07, 6.45) is 2.39. The Kier molecular flexibility index (Phi) is 9.01. The maximum Gasteiger partial charge on any atom is 0.262 e. The summed E-state index contributed by atoms with van der Waals surface area (Å²) in [5, 5.41) is 16.7. The molecular formula is C43H41ClN8O5. The molecule has 14 heteroatoms. The van der Waals surface area contributed by atoms with Gasteiger partial charge in [0, 0.05) is 79.7 Å². The molecule has 0 bridgehead atoms. The summed E-state index contributed by atoms with van der Waals surface area (Å²) < 4.78 is 1.96. The van der Waals surface area contributed by atoms with Crippen molar-refractivity contribution in [1.82, 2.24) is 29.8 Å². The molecule has 4 aliphatic heterocycles. The van der Waals surface area contributed by atoms with Crippen LogP contribution in [0.3, 0.4) is 0 Å². The Balaban J connectivity index is 0.751. The number of rotatable bonds is 7. The molecule has 0 radical (unpaired) electrons. The van der Waals surface area contributed by atoms with E-state index in [2.05, 4.69) is 21.2 Å². The largest absolute Gasteiger partial charge is 0.370 e. The molecule has 1 atom stereocenters. The normalized spacial score (nSPS) is 20.7. The summed E-state index contributed by atoms with van der Waals surface area (Å²) in [7, 11) is 0. The van der Waals surface area contributed by atoms with Crippen molar-refractivity contribution in [2.45, 2.75) is 58.2 Å². The molecule has 5 aliphatic rings. The zero-order valence-corrected chi connectivity index (χ0v) is 32.5. The highest BCUT2D eigenvalue weighted by molar-refractivity contribution is 6.32. The van der Waals surface area contributed by atoms with Gasteiger partial charge in [-0.2, -0.15) is 10.4 Å². The molecule has 5 heterocycles. The van der Waals surface area contributed by atoms with Crippen LogP contribution in [-0.4, -0.2) is 105 Å². The number of fused-ring (bicyclic) bond motifs is 1. The number of nitriles is 1. The second-order valence-electron chi connectivity index (χ2n) is 16.1. The second-order valence-corrected chi connectivity index (χ2v) is 16.6. The van der Waals surface area contributed by atoms with Gasteiger partial charge in [-0.25, -0.2) is 0 Å². The smallest absolute Gasteiger partial charge is 0.262 e. The highest BCUT2D eigenvalue weighted by Gasteiger charge is 2.54. The van der Waals surface area contributed by atoms with E-state index in [0.29, 0.717) is 53.0 Å². The number of nitrogens with zero attached hydrogens (tertiary/aromatic N) is 7. The third-order valence-electron chi connectivity index (χ3n) is 12.7. The average Bonchev–Trinajstić information content (AvgIpc) is 3.59. The Hall–Kier alpha value is -5.84. The van der Waals surface area contributed by atoms with Crippen LogP contribution in [0.5, 0.6) is 0 Å². The van der Waals surface area contributed by atoms with Crippen molar-refractivity contribution in [3.63, 3.8) is 0 Å². The highest BCUT2D eigenvalue weighted by atomic mass is 35.5. The predicted molar refractivity (Wildman–Crippen MR) is 211 cm³/mol. The molecule has 4 aromatic rings. The van der Waals surface area contributed by atoms with Crippen LogP contribution < -0.4 is 10.2 Å². The van der Waals surface area contributed by atoms with Gasteiger partial charge in [0.1, 0.15) is 12.1 Å². The van der Waals surface area contributed by atoms with Gasteiger partial charge in [-0.3, -0.25) is 43.8 Å². The quantitative estimate of drug-likeness (QED) is 0.266. The van der Waals surface area contributed by atoms with Crippen molar-refractivity contribution in [2.75, 3.05) is 44.2 Å². The van der Waals surface area contributed by atoms with Gasteiger partial charge in [-0.05, 0) is 86.7 Å². The van der Waals surface area contributed by atoms with Gasteiger partial charge in [0.15, 0.2) is 0 Å². The Morgan fingerprint density at radius 2 is 1.65 bits per heavy atom. The molecular weight excluding hydrogens is 744 g/mol. The fourth-order valence-corrected chi connectivity index (χ4v) is 9.50. The van der Waals surface area contributed by atoms with E-state index in [4.69, 9.17) is 16.7 Å². The maximum absolute atomic E-state index is 13.5. The average molecular weight is 785 g/mol. The highest BCUT2D eigenvalue weighted by Crippen LogP contribution is 2.52. The van der Waals surface area contributed by atoms with Crippen LogP contribution in [0.1, 0.15) is 79.1 Å². The first-order chi connectivity index (χ1) is 27.4. The first-order valence-electron chi connectivity index (χ1n) is 19.4. The third kappa shape index (κ3) is 6.37. The summed E-state index contributed by atoms with van der Waals surface area (Å²) in [6.45, 7) is 9.41. The molecule has 1 unspecified atom stereocenters. The summed E-state index contributed by atoms with van der Waals surface area (Å²) in [5.41, 5.74) is 7.62. The minimum absolute atomic E-state index is 0.0433. The molecule has 3 aromatic carbocycles. The minimum Gasteiger partial charge on any atom is -0.370 e. The predicted octanol–water partition coefficient (Wildman–Crippen LogP) is 4.57. The number of hydrogen-bond acceptors (Lipinski definition) is 9. The van der Waals surface area contributed by atoms with Crippen LogP contribution in [0, 0.1) is 30.6 Å². The van der Waals surface area contributed by atoms with E-state index >= 15 is 0 Å². The number of amides is 5. The Labute approximate surface area is 334 Å². The van der Waals surface area contributed by atoms with Gasteiger partial charge in [0.05, 0.1) is 34.0 Å². The topological polar surface area (TPSA) is 152 Å². The Bertz CT molecular complexity index is 2410. The number of hydrogen-bond donors (Lipinski definition) is 1. The van der Waals surface area contributed by atoms with E-state index in [0.717, 1.165) is 77.7 Å². The molecule has 1 saturated carbocycles. The Morgan fingerprint density at radius 1 is 0.930 bits per heavy atom. The number of imide groups is 2. The Morgan fingerprint density at radius 3 is 2.33 bits per heavy atom. The van der Waals surface area contributed by atoms with Crippen LogP contribution in [0.4, 0.5) is 5.69 Å². The van der Waals surface area contributed by atoms with Crippen molar-refractivity contribution in [3.05, 3.63) is 105 Å². The number of piperidine rings is 1. The number of anilines is 1. The molecule has 1 aliphatic carbocycles. The summed E-state index contributed by atoms with van der Waals surface area (Å²) in [5.74, 6) is -1.94. The molecule has 290 valence electrons. The van der Waals surface area contributed by atoms with Gasteiger partial charge in [-0.15, -0.1) is 0 Å². The molecule has 13 nitrogen and oxygen atoms in total. The van der Waals surface area contributed by atoms with Crippen molar-refractivity contribution in [3.8, 4) is 17.3 Å². The number of carbonyl (C=O) groups is 5. The third-order valence-corrected chi connectivity index (χ3v) is 13.0. The first kappa shape index (κ1) is 36.8. The van der Waals surface area contributed by atoms with E-state index in [-0.39, 0.29) is 24.2 Å². The molecule has 1 N–H and O–H groups in total. The lowest BCUT2D eigenvalue weighted by Crippen LogP contribution is -2.68. The second kappa shape index (κ2) is 14.0.